The van der Waals surface area contributed by atoms with Crippen LogP contribution in [0.5, 0.6) is 5.75 Å². The monoisotopic (exact) mass is 313 g/mol. The maximum absolute atomic E-state index is 13.5. The molecule has 22 heavy (non-hydrogen) atoms. The molecule has 1 saturated heterocycles. The lowest BCUT2D eigenvalue weighted by atomic mass is 10.1. The number of carbonyl (C=O) groups is 1. The predicted molar refractivity (Wildman–Crippen MR) is 77.8 cm³/mol. The first-order valence-electron chi connectivity index (χ1n) is 7.31. The molecule has 0 bridgehead atoms. The lowest BCUT2D eigenvalue weighted by molar-refractivity contribution is 0.0284. The van der Waals surface area contributed by atoms with Crippen LogP contribution in [0.4, 0.5) is 13.6 Å². The highest BCUT2D eigenvalue weighted by Gasteiger charge is 2.30. The summed E-state index contributed by atoms with van der Waals surface area (Å²) < 4.78 is 37.2. The van der Waals surface area contributed by atoms with Gasteiger partial charge in [-0.2, -0.15) is 4.39 Å². The molecule has 0 radical (unpaired) electrons. The number of hydrogen-bond acceptors (Lipinski definition) is 3. The summed E-state index contributed by atoms with van der Waals surface area (Å²) in [5.41, 5.74) is -0.531. The van der Waals surface area contributed by atoms with E-state index < -0.39 is 17.2 Å². The molecular formula is C16H21F2NO3. The molecule has 0 saturated carbocycles. The standard InChI is InChI=1S/C16H21F2NO3/c1-16(2,3)22-15(20)19-8-7-11(9-19)10-21-13-6-4-5-12(17)14(13)18/h4-6,11H,7-10H2,1-3H3/t11-/m1/s1. The van der Waals surface area contributed by atoms with Crippen molar-refractivity contribution < 1.29 is 23.0 Å². The summed E-state index contributed by atoms with van der Waals surface area (Å²) in [4.78, 5) is 13.5. The molecule has 1 aliphatic heterocycles. The largest absolute Gasteiger partial charge is 0.490 e. The van der Waals surface area contributed by atoms with Crippen LogP contribution in [0.25, 0.3) is 0 Å². The fourth-order valence-corrected chi connectivity index (χ4v) is 2.26. The topological polar surface area (TPSA) is 38.8 Å². The maximum Gasteiger partial charge on any atom is 0.410 e. The van der Waals surface area contributed by atoms with Crippen molar-refractivity contribution in [1.29, 1.82) is 0 Å². The van der Waals surface area contributed by atoms with Gasteiger partial charge in [-0.15, -0.1) is 0 Å². The summed E-state index contributed by atoms with van der Waals surface area (Å²) in [7, 11) is 0. The van der Waals surface area contributed by atoms with Gasteiger partial charge in [-0.25, -0.2) is 9.18 Å². The summed E-state index contributed by atoms with van der Waals surface area (Å²) in [6.45, 7) is 6.75. The number of nitrogens with zero attached hydrogens (tertiary/aromatic N) is 1. The molecule has 1 aromatic rings. The van der Waals surface area contributed by atoms with Crippen LogP contribution < -0.4 is 4.74 Å². The number of rotatable bonds is 3. The van der Waals surface area contributed by atoms with Crippen LogP contribution >= 0.6 is 0 Å². The van der Waals surface area contributed by atoms with Crippen molar-refractivity contribution in [3.63, 3.8) is 0 Å². The first-order valence-corrected chi connectivity index (χ1v) is 7.31. The van der Waals surface area contributed by atoms with E-state index in [1.54, 1.807) is 4.90 Å². The molecule has 1 heterocycles. The van der Waals surface area contributed by atoms with E-state index in [0.717, 1.165) is 12.5 Å². The second-order valence-corrected chi connectivity index (χ2v) is 6.44. The summed E-state index contributed by atoms with van der Waals surface area (Å²) in [5, 5.41) is 0. The Morgan fingerprint density at radius 1 is 1.36 bits per heavy atom. The molecule has 122 valence electrons. The molecule has 1 fully saturated rings. The Morgan fingerprint density at radius 2 is 2.09 bits per heavy atom. The minimum absolute atomic E-state index is 0.0789. The van der Waals surface area contributed by atoms with Crippen molar-refractivity contribution in [3.05, 3.63) is 29.8 Å². The van der Waals surface area contributed by atoms with Gasteiger partial charge in [0.15, 0.2) is 11.6 Å². The average molecular weight is 313 g/mol. The van der Waals surface area contributed by atoms with E-state index >= 15 is 0 Å². The van der Waals surface area contributed by atoms with Gasteiger partial charge in [0.25, 0.3) is 0 Å². The van der Waals surface area contributed by atoms with Crippen molar-refractivity contribution in [3.8, 4) is 5.75 Å². The molecule has 1 atom stereocenters. The van der Waals surface area contributed by atoms with Gasteiger partial charge >= 0.3 is 6.09 Å². The minimum atomic E-state index is -0.982. The van der Waals surface area contributed by atoms with Crippen LogP contribution in [0.15, 0.2) is 18.2 Å². The second kappa shape index (κ2) is 6.50. The Bertz CT molecular complexity index is 543. The van der Waals surface area contributed by atoms with E-state index in [0.29, 0.717) is 13.1 Å². The van der Waals surface area contributed by atoms with Crippen LogP contribution in [0.1, 0.15) is 27.2 Å². The zero-order valence-corrected chi connectivity index (χ0v) is 13.1. The third-order valence-corrected chi connectivity index (χ3v) is 3.33. The Balaban J connectivity index is 1.84. The zero-order valence-electron chi connectivity index (χ0n) is 13.1. The number of carbonyl (C=O) groups excluding carboxylic acids is 1. The van der Waals surface area contributed by atoms with Gasteiger partial charge in [-0.3, -0.25) is 0 Å². The first-order chi connectivity index (χ1) is 10.3. The van der Waals surface area contributed by atoms with Crippen LogP contribution in [-0.2, 0) is 4.74 Å². The number of benzene rings is 1. The van der Waals surface area contributed by atoms with Gasteiger partial charge in [0.05, 0.1) is 6.61 Å². The SMILES string of the molecule is CC(C)(C)OC(=O)N1CC[C@@H](COc2cccc(F)c2F)C1. The summed E-state index contributed by atoms with van der Waals surface area (Å²) in [6, 6.07) is 3.83. The number of likely N-dealkylation sites (tertiary alicyclic amines) is 1. The van der Waals surface area contributed by atoms with E-state index in [-0.39, 0.29) is 24.4 Å². The summed E-state index contributed by atoms with van der Waals surface area (Å²) in [5.74, 6) is -1.94. The van der Waals surface area contributed by atoms with E-state index in [4.69, 9.17) is 9.47 Å². The Kier molecular flexibility index (Phi) is 4.88. The molecule has 0 unspecified atom stereocenters. The van der Waals surface area contributed by atoms with E-state index in [1.807, 2.05) is 20.8 Å². The first kappa shape index (κ1) is 16.5. The fraction of sp³-hybridized carbons (Fsp3) is 0.562. The van der Waals surface area contributed by atoms with Crippen molar-refractivity contribution in [1.82, 2.24) is 4.90 Å². The van der Waals surface area contributed by atoms with Gasteiger partial charge in [0, 0.05) is 19.0 Å². The van der Waals surface area contributed by atoms with Crippen LogP contribution in [0.3, 0.4) is 0 Å². The molecule has 6 heteroatoms. The van der Waals surface area contributed by atoms with E-state index in [2.05, 4.69) is 0 Å². The predicted octanol–water partition coefficient (Wildman–Crippen LogP) is 3.60. The van der Waals surface area contributed by atoms with Gasteiger partial charge in [-0.1, -0.05) is 6.07 Å². The number of halogens is 2. The third-order valence-electron chi connectivity index (χ3n) is 3.33. The Labute approximate surface area is 129 Å². The van der Waals surface area contributed by atoms with E-state index in [9.17, 15) is 13.6 Å². The number of ether oxygens (including phenoxy) is 2. The quantitative estimate of drug-likeness (QED) is 0.856. The molecule has 0 aliphatic carbocycles. The lowest BCUT2D eigenvalue weighted by Crippen LogP contribution is -2.35. The molecule has 4 nitrogen and oxygen atoms in total. The fourth-order valence-electron chi connectivity index (χ4n) is 2.26. The zero-order chi connectivity index (χ0) is 16.3. The lowest BCUT2D eigenvalue weighted by Gasteiger charge is -2.24. The van der Waals surface area contributed by atoms with Crippen molar-refractivity contribution in [2.45, 2.75) is 32.8 Å². The third kappa shape index (κ3) is 4.32. The molecule has 1 amide bonds. The normalized spacial score (nSPS) is 18.4. The van der Waals surface area contributed by atoms with Gasteiger partial charge in [0.1, 0.15) is 5.60 Å². The molecular weight excluding hydrogens is 292 g/mol. The Morgan fingerprint density at radius 3 is 2.77 bits per heavy atom. The maximum atomic E-state index is 13.5. The van der Waals surface area contributed by atoms with Gasteiger partial charge in [0.2, 0.25) is 5.82 Å². The van der Waals surface area contributed by atoms with Crippen LogP contribution in [-0.4, -0.2) is 36.3 Å². The van der Waals surface area contributed by atoms with Gasteiger partial charge < -0.3 is 14.4 Å². The highest BCUT2D eigenvalue weighted by atomic mass is 19.2. The van der Waals surface area contributed by atoms with Crippen molar-refractivity contribution >= 4 is 6.09 Å². The molecule has 1 aliphatic rings. The van der Waals surface area contributed by atoms with Crippen molar-refractivity contribution in [2.75, 3.05) is 19.7 Å². The molecule has 1 aromatic carbocycles. The molecule has 0 N–H and O–H groups in total. The van der Waals surface area contributed by atoms with Gasteiger partial charge in [-0.05, 0) is 39.3 Å². The molecule has 2 rings (SSSR count). The summed E-state index contributed by atoms with van der Waals surface area (Å²) >= 11 is 0. The average Bonchev–Trinajstić information content (AvgIpc) is 2.87. The van der Waals surface area contributed by atoms with Crippen molar-refractivity contribution in [2.24, 2.45) is 5.92 Å². The highest BCUT2D eigenvalue weighted by Crippen LogP contribution is 2.23. The molecule has 0 aromatic heterocycles. The number of hydrogen-bond donors (Lipinski definition) is 0. The summed E-state index contributed by atoms with van der Waals surface area (Å²) in [6.07, 6.45) is 0.392. The van der Waals surface area contributed by atoms with Crippen LogP contribution in [0.2, 0.25) is 0 Å². The number of amides is 1. The second-order valence-electron chi connectivity index (χ2n) is 6.44. The van der Waals surface area contributed by atoms with E-state index in [1.165, 1.54) is 12.1 Å². The molecule has 0 spiro atoms. The smallest absolute Gasteiger partial charge is 0.410 e. The highest BCUT2D eigenvalue weighted by molar-refractivity contribution is 5.68. The minimum Gasteiger partial charge on any atom is -0.490 e. The van der Waals surface area contributed by atoms with Crippen LogP contribution in [0, 0.1) is 17.6 Å². The Hall–Kier alpha value is -1.85.